The predicted molar refractivity (Wildman–Crippen MR) is 87.5 cm³/mol. The summed E-state index contributed by atoms with van der Waals surface area (Å²) in [6.45, 7) is 4.34. The van der Waals surface area contributed by atoms with Gasteiger partial charge in [0.05, 0.1) is 16.6 Å². The molecule has 0 aliphatic rings. The summed E-state index contributed by atoms with van der Waals surface area (Å²) < 4.78 is 2.02. The average molecular weight is 320 g/mol. The topological polar surface area (TPSA) is 30.7 Å². The fourth-order valence-corrected chi connectivity index (χ4v) is 2.84. The first-order valence-corrected chi connectivity index (χ1v) is 7.71. The summed E-state index contributed by atoms with van der Waals surface area (Å²) in [5.74, 6) is 1.49. The van der Waals surface area contributed by atoms with Crippen LogP contribution in [0.4, 0.5) is 0 Å². The summed E-state index contributed by atoms with van der Waals surface area (Å²) >= 11 is 12.1. The van der Waals surface area contributed by atoms with E-state index in [1.165, 1.54) is 5.56 Å². The Morgan fingerprint density at radius 3 is 2.71 bits per heavy atom. The fourth-order valence-electron chi connectivity index (χ4n) is 2.51. The van der Waals surface area contributed by atoms with Crippen molar-refractivity contribution in [3.63, 3.8) is 0 Å². The van der Waals surface area contributed by atoms with Gasteiger partial charge in [-0.2, -0.15) is 0 Å². The fraction of sp³-hybridized carbons (Fsp3) is 0.250. The monoisotopic (exact) mass is 319 g/mol. The molecule has 3 aromatic rings. The Balaban J connectivity index is 2.34. The van der Waals surface area contributed by atoms with Crippen LogP contribution < -0.4 is 0 Å². The van der Waals surface area contributed by atoms with E-state index in [1.807, 2.05) is 22.8 Å². The third kappa shape index (κ3) is 2.52. The first-order valence-electron chi connectivity index (χ1n) is 6.80. The van der Waals surface area contributed by atoms with Gasteiger partial charge in [0.15, 0.2) is 5.65 Å². The van der Waals surface area contributed by atoms with Gasteiger partial charge in [-0.3, -0.25) is 4.57 Å². The van der Waals surface area contributed by atoms with Gasteiger partial charge in [0.2, 0.25) is 0 Å². The molecule has 2 aromatic heterocycles. The molecule has 0 saturated heterocycles. The van der Waals surface area contributed by atoms with Crippen LogP contribution in [0.2, 0.25) is 5.02 Å². The Hall–Kier alpha value is -1.58. The smallest absolute Gasteiger partial charge is 0.164 e. The Kier molecular flexibility index (Phi) is 3.87. The molecule has 1 aromatic carbocycles. The number of fused-ring (bicyclic) bond motifs is 1. The molecular formula is C16H15Cl2N3. The summed E-state index contributed by atoms with van der Waals surface area (Å²) in [4.78, 5) is 8.99. The van der Waals surface area contributed by atoms with Gasteiger partial charge in [-0.15, -0.1) is 11.6 Å². The van der Waals surface area contributed by atoms with Gasteiger partial charge in [-0.05, 0) is 23.6 Å². The molecular weight excluding hydrogens is 305 g/mol. The number of alkyl halides is 1. The molecule has 2 heterocycles. The molecule has 5 heteroatoms. The maximum atomic E-state index is 6.08. The van der Waals surface area contributed by atoms with E-state index in [0.717, 1.165) is 22.7 Å². The van der Waals surface area contributed by atoms with Gasteiger partial charge >= 0.3 is 0 Å². The van der Waals surface area contributed by atoms with Crippen LogP contribution >= 0.6 is 23.2 Å². The number of hydrogen-bond acceptors (Lipinski definition) is 2. The number of pyridine rings is 1. The highest BCUT2D eigenvalue weighted by Gasteiger charge is 2.16. The lowest BCUT2D eigenvalue weighted by atomic mass is 10.0. The molecule has 21 heavy (non-hydrogen) atoms. The highest BCUT2D eigenvalue weighted by molar-refractivity contribution is 6.31. The number of benzene rings is 1. The molecule has 0 aliphatic heterocycles. The standard InChI is InChI=1S/C16H15Cl2N3/c1-10(2)12-5-3-4-6-14(12)21-15(8-17)20-13-7-11(18)9-19-16(13)21/h3-7,9-10H,8H2,1-2H3. The van der Waals surface area contributed by atoms with Crippen LogP contribution in [0.5, 0.6) is 0 Å². The van der Waals surface area contributed by atoms with Crippen LogP contribution in [0, 0.1) is 0 Å². The van der Waals surface area contributed by atoms with Crippen molar-refractivity contribution in [1.29, 1.82) is 0 Å². The summed E-state index contributed by atoms with van der Waals surface area (Å²) in [5.41, 5.74) is 3.85. The van der Waals surface area contributed by atoms with Crippen LogP contribution in [0.3, 0.4) is 0 Å². The van der Waals surface area contributed by atoms with Crippen molar-refractivity contribution in [1.82, 2.24) is 14.5 Å². The van der Waals surface area contributed by atoms with E-state index >= 15 is 0 Å². The van der Waals surface area contributed by atoms with E-state index in [-0.39, 0.29) is 0 Å². The lowest BCUT2D eigenvalue weighted by molar-refractivity contribution is 0.839. The van der Waals surface area contributed by atoms with Crippen LogP contribution in [-0.4, -0.2) is 14.5 Å². The lowest BCUT2D eigenvalue weighted by Gasteiger charge is -2.15. The number of rotatable bonds is 3. The maximum Gasteiger partial charge on any atom is 0.164 e. The zero-order valence-corrected chi connectivity index (χ0v) is 13.4. The van der Waals surface area contributed by atoms with Crippen LogP contribution in [0.15, 0.2) is 36.5 Å². The van der Waals surface area contributed by atoms with E-state index in [2.05, 4.69) is 35.9 Å². The third-order valence-corrected chi connectivity index (χ3v) is 3.90. The Bertz CT molecular complexity index is 793. The van der Waals surface area contributed by atoms with Gasteiger partial charge < -0.3 is 0 Å². The summed E-state index contributed by atoms with van der Waals surface area (Å²) in [5, 5.41) is 0.574. The number of imidazole rings is 1. The second-order valence-electron chi connectivity index (χ2n) is 5.21. The number of nitrogens with zero attached hydrogens (tertiary/aromatic N) is 3. The molecule has 0 radical (unpaired) electrons. The minimum absolute atomic E-state index is 0.320. The Morgan fingerprint density at radius 1 is 1.24 bits per heavy atom. The molecule has 0 unspecified atom stereocenters. The molecule has 0 N–H and O–H groups in total. The molecule has 0 bridgehead atoms. The van der Waals surface area contributed by atoms with Crippen molar-refractivity contribution in [2.24, 2.45) is 0 Å². The van der Waals surface area contributed by atoms with E-state index in [0.29, 0.717) is 16.8 Å². The van der Waals surface area contributed by atoms with Crippen molar-refractivity contribution < 1.29 is 0 Å². The van der Waals surface area contributed by atoms with E-state index in [1.54, 1.807) is 6.20 Å². The third-order valence-electron chi connectivity index (χ3n) is 3.45. The van der Waals surface area contributed by atoms with Gasteiger partial charge in [-0.1, -0.05) is 43.6 Å². The van der Waals surface area contributed by atoms with Crippen molar-refractivity contribution >= 4 is 34.4 Å². The second kappa shape index (κ2) is 5.66. The van der Waals surface area contributed by atoms with Crippen molar-refractivity contribution in [3.05, 3.63) is 52.9 Å². The molecule has 0 spiro atoms. The molecule has 108 valence electrons. The van der Waals surface area contributed by atoms with Gasteiger partial charge in [0.1, 0.15) is 11.3 Å². The Morgan fingerprint density at radius 2 is 2.00 bits per heavy atom. The molecule has 0 atom stereocenters. The normalized spacial score (nSPS) is 11.5. The number of hydrogen-bond donors (Lipinski definition) is 0. The highest BCUT2D eigenvalue weighted by atomic mass is 35.5. The van der Waals surface area contributed by atoms with E-state index in [9.17, 15) is 0 Å². The zero-order chi connectivity index (χ0) is 15.0. The highest BCUT2D eigenvalue weighted by Crippen LogP contribution is 2.28. The maximum absolute atomic E-state index is 6.08. The summed E-state index contributed by atoms with van der Waals surface area (Å²) in [6.07, 6.45) is 1.64. The van der Waals surface area contributed by atoms with Crippen molar-refractivity contribution in [3.8, 4) is 5.69 Å². The van der Waals surface area contributed by atoms with E-state index in [4.69, 9.17) is 23.2 Å². The van der Waals surface area contributed by atoms with E-state index < -0.39 is 0 Å². The van der Waals surface area contributed by atoms with Crippen LogP contribution in [0.1, 0.15) is 31.2 Å². The largest absolute Gasteiger partial charge is 0.279 e. The van der Waals surface area contributed by atoms with Crippen molar-refractivity contribution in [2.45, 2.75) is 25.6 Å². The Labute approximate surface area is 133 Å². The van der Waals surface area contributed by atoms with Crippen molar-refractivity contribution in [2.75, 3.05) is 0 Å². The molecule has 3 nitrogen and oxygen atoms in total. The molecule has 0 fully saturated rings. The SMILES string of the molecule is CC(C)c1ccccc1-n1c(CCl)nc2cc(Cl)cnc21. The summed E-state index contributed by atoms with van der Waals surface area (Å²) in [7, 11) is 0. The van der Waals surface area contributed by atoms with Crippen LogP contribution in [-0.2, 0) is 5.88 Å². The zero-order valence-electron chi connectivity index (χ0n) is 11.8. The number of aromatic nitrogens is 3. The average Bonchev–Trinajstić information content (AvgIpc) is 2.84. The van der Waals surface area contributed by atoms with Gasteiger partial charge in [0, 0.05) is 6.20 Å². The predicted octanol–water partition coefficient (Wildman–Crippen LogP) is 4.94. The van der Waals surface area contributed by atoms with Gasteiger partial charge in [0.25, 0.3) is 0 Å². The summed E-state index contributed by atoms with van der Waals surface area (Å²) in [6, 6.07) is 10.1. The lowest BCUT2D eigenvalue weighted by Crippen LogP contribution is -2.05. The minimum Gasteiger partial charge on any atom is -0.279 e. The first-order chi connectivity index (χ1) is 10.1. The quantitative estimate of drug-likeness (QED) is 0.640. The van der Waals surface area contributed by atoms with Crippen LogP contribution in [0.25, 0.3) is 16.9 Å². The minimum atomic E-state index is 0.320. The molecule has 0 saturated carbocycles. The molecule has 3 rings (SSSR count). The number of halogens is 2. The molecule has 0 amide bonds. The second-order valence-corrected chi connectivity index (χ2v) is 5.91. The molecule has 0 aliphatic carbocycles. The number of para-hydroxylation sites is 1. The van der Waals surface area contributed by atoms with Gasteiger partial charge in [-0.25, -0.2) is 9.97 Å². The first kappa shape index (κ1) is 14.4.